The molecule has 0 aliphatic heterocycles. The van der Waals surface area contributed by atoms with Gasteiger partial charge in [-0.1, -0.05) is 38.6 Å². The van der Waals surface area contributed by atoms with Gasteiger partial charge in [-0.15, -0.1) is 0 Å². The van der Waals surface area contributed by atoms with Gasteiger partial charge in [0, 0.05) is 6.42 Å². The molecule has 1 aliphatic rings. The maximum atomic E-state index is 6.11. The smallest absolute Gasteiger partial charge is 0.202 e. The van der Waals surface area contributed by atoms with E-state index in [4.69, 9.17) is 14.1 Å². The molecule has 3 rings (SSSR count). The van der Waals surface area contributed by atoms with Gasteiger partial charge >= 0.3 is 0 Å². The Balaban J connectivity index is 1.83. The molecule has 3 heteroatoms. The Bertz CT molecular complexity index is 837. The molecule has 26 heavy (non-hydrogen) atoms. The second-order valence-electron chi connectivity index (χ2n) is 7.27. The molecule has 2 aromatic rings. The minimum atomic E-state index is 0.117. The van der Waals surface area contributed by atoms with Crippen molar-refractivity contribution in [2.24, 2.45) is 5.92 Å². The number of aromatic nitrogens is 1. The van der Waals surface area contributed by atoms with E-state index in [2.05, 4.69) is 38.6 Å². The first-order valence-corrected chi connectivity index (χ1v) is 9.65. The van der Waals surface area contributed by atoms with Crippen molar-refractivity contribution >= 4 is 16.7 Å². The summed E-state index contributed by atoms with van der Waals surface area (Å²) in [6.45, 7) is 12.8. The molecule has 0 fully saturated rings. The molecule has 0 N–H and O–H groups in total. The lowest BCUT2D eigenvalue weighted by Crippen LogP contribution is -2.08. The molecule has 0 saturated carbocycles. The average molecular weight is 351 g/mol. The molecule has 1 heterocycles. The summed E-state index contributed by atoms with van der Waals surface area (Å²) in [6, 6.07) is 6.23. The molecule has 1 aromatic heterocycles. The van der Waals surface area contributed by atoms with E-state index < -0.39 is 0 Å². The Hall–Kier alpha value is -2.29. The van der Waals surface area contributed by atoms with Crippen LogP contribution < -0.4 is 0 Å². The maximum Gasteiger partial charge on any atom is 0.202 e. The summed E-state index contributed by atoms with van der Waals surface area (Å²) in [6.07, 6.45) is 9.35. The van der Waals surface area contributed by atoms with E-state index in [0.29, 0.717) is 5.92 Å². The number of rotatable bonds is 7. The fraction of sp³-hybridized carbons (Fsp3) is 0.435. The molecule has 1 atom stereocenters. The molecule has 0 radical (unpaired) electrons. The van der Waals surface area contributed by atoms with Gasteiger partial charge in [-0.25, -0.2) is 4.98 Å². The molecular weight excluding hydrogens is 322 g/mol. The van der Waals surface area contributed by atoms with Gasteiger partial charge in [-0.2, -0.15) is 0 Å². The minimum absolute atomic E-state index is 0.117. The summed E-state index contributed by atoms with van der Waals surface area (Å²) >= 11 is 0. The highest BCUT2D eigenvalue weighted by Crippen LogP contribution is 2.33. The highest BCUT2D eigenvalue weighted by atomic mass is 16.5. The van der Waals surface area contributed by atoms with Crippen molar-refractivity contribution in [1.82, 2.24) is 4.98 Å². The summed E-state index contributed by atoms with van der Waals surface area (Å²) in [5.41, 5.74) is 4.06. The lowest BCUT2D eigenvalue weighted by Gasteiger charge is -2.18. The Labute approximate surface area is 156 Å². The monoisotopic (exact) mass is 351 g/mol. The first-order valence-electron chi connectivity index (χ1n) is 9.65. The van der Waals surface area contributed by atoms with Crippen LogP contribution in [0.15, 0.2) is 53.2 Å². The SMILES string of the molecule is C=C(c1ccc2nc(C3C=CC=C(OC(C)C)C3)oc2c1)C(CC)CC. The average Bonchev–Trinajstić information content (AvgIpc) is 3.05. The van der Waals surface area contributed by atoms with Gasteiger partial charge in [0.25, 0.3) is 0 Å². The van der Waals surface area contributed by atoms with E-state index >= 15 is 0 Å². The first kappa shape index (κ1) is 18.5. The van der Waals surface area contributed by atoms with E-state index in [0.717, 1.165) is 47.6 Å². The van der Waals surface area contributed by atoms with E-state index in [1.54, 1.807) is 0 Å². The second kappa shape index (κ2) is 7.94. The quantitative estimate of drug-likeness (QED) is 0.561. The van der Waals surface area contributed by atoms with E-state index in [9.17, 15) is 0 Å². The number of benzene rings is 1. The standard InChI is InChI=1S/C23H29NO2/c1-6-17(7-2)16(5)18-11-12-21-22(14-18)26-23(24-21)19-9-8-10-20(13-19)25-15(3)4/h8-12,14-15,17,19H,5-7,13H2,1-4H3. The van der Waals surface area contributed by atoms with Crippen LogP contribution in [0, 0.1) is 5.92 Å². The third-order valence-electron chi connectivity index (χ3n) is 5.01. The number of ether oxygens (including phenoxy) is 1. The fourth-order valence-corrected chi connectivity index (χ4v) is 3.53. The van der Waals surface area contributed by atoms with Gasteiger partial charge in [0.1, 0.15) is 5.52 Å². The molecule has 138 valence electrons. The highest BCUT2D eigenvalue weighted by molar-refractivity contribution is 5.79. The van der Waals surface area contributed by atoms with Crippen LogP contribution in [0.1, 0.15) is 64.3 Å². The van der Waals surface area contributed by atoms with Crippen molar-refractivity contribution in [3.8, 4) is 0 Å². The highest BCUT2D eigenvalue weighted by Gasteiger charge is 2.21. The molecule has 1 aromatic carbocycles. The van der Waals surface area contributed by atoms with Crippen molar-refractivity contribution in [1.29, 1.82) is 0 Å². The molecule has 0 saturated heterocycles. The lowest BCUT2D eigenvalue weighted by molar-refractivity contribution is 0.136. The predicted octanol–water partition coefficient (Wildman–Crippen LogP) is 6.63. The van der Waals surface area contributed by atoms with Crippen LogP contribution in [0.3, 0.4) is 0 Å². The molecule has 1 aliphatic carbocycles. The fourth-order valence-electron chi connectivity index (χ4n) is 3.53. The van der Waals surface area contributed by atoms with E-state index in [1.165, 1.54) is 5.57 Å². The third-order valence-corrected chi connectivity index (χ3v) is 5.01. The van der Waals surface area contributed by atoms with Crippen LogP contribution in [0.4, 0.5) is 0 Å². The van der Waals surface area contributed by atoms with Gasteiger partial charge in [-0.05, 0) is 62.0 Å². The molecule has 1 unspecified atom stereocenters. The van der Waals surface area contributed by atoms with Crippen LogP contribution >= 0.6 is 0 Å². The second-order valence-corrected chi connectivity index (χ2v) is 7.27. The van der Waals surface area contributed by atoms with Gasteiger partial charge in [-0.3, -0.25) is 0 Å². The predicted molar refractivity (Wildman–Crippen MR) is 108 cm³/mol. The van der Waals surface area contributed by atoms with Crippen molar-refractivity contribution in [3.63, 3.8) is 0 Å². The van der Waals surface area contributed by atoms with Crippen molar-refractivity contribution < 1.29 is 9.15 Å². The van der Waals surface area contributed by atoms with Crippen LogP contribution in [-0.2, 0) is 4.74 Å². The van der Waals surface area contributed by atoms with Crippen LogP contribution in [0.2, 0.25) is 0 Å². The normalized spacial score (nSPS) is 17.2. The Morgan fingerprint density at radius 1 is 1.31 bits per heavy atom. The van der Waals surface area contributed by atoms with Crippen LogP contribution in [-0.4, -0.2) is 11.1 Å². The minimum Gasteiger partial charge on any atom is -0.495 e. The Morgan fingerprint density at radius 2 is 2.08 bits per heavy atom. The molecule has 3 nitrogen and oxygen atoms in total. The van der Waals surface area contributed by atoms with Crippen molar-refractivity contribution in [2.45, 2.75) is 59.0 Å². The lowest BCUT2D eigenvalue weighted by atomic mass is 9.90. The third kappa shape index (κ3) is 3.92. The number of fused-ring (bicyclic) bond motifs is 1. The molecule has 0 bridgehead atoms. The summed E-state index contributed by atoms with van der Waals surface area (Å²) in [5, 5.41) is 0. The van der Waals surface area contributed by atoms with E-state index in [-0.39, 0.29) is 12.0 Å². The number of allylic oxidation sites excluding steroid dienone is 5. The number of hydrogen-bond donors (Lipinski definition) is 0. The maximum absolute atomic E-state index is 6.11. The van der Waals surface area contributed by atoms with Crippen molar-refractivity contribution in [3.05, 3.63) is 60.2 Å². The summed E-state index contributed by atoms with van der Waals surface area (Å²) in [4.78, 5) is 4.71. The van der Waals surface area contributed by atoms with E-state index in [1.807, 2.05) is 32.1 Å². The first-order chi connectivity index (χ1) is 12.5. The van der Waals surface area contributed by atoms with Crippen LogP contribution in [0.25, 0.3) is 16.7 Å². The Morgan fingerprint density at radius 3 is 2.77 bits per heavy atom. The van der Waals surface area contributed by atoms with Gasteiger partial charge in [0.15, 0.2) is 5.58 Å². The number of oxazole rings is 1. The molecular formula is C23H29NO2. The number of nitrogens with zero attached hydrogens (tertiary/aromatic N) is 1. The summed E-state index contributed by atoms with van der Waals surface area (Å²) in [5.74, 6) is 2.36. The van der Waals surface area contributed by atoms with Gasteiger partial charge in [0.05, 0.1) is 17.8 Å². The zero-order valence-corrected chi connectivity index (χ0v) is 16.3. The molecule has 0 amide bonds. The topological polar surface area (TPSA) is 35.3 Å². The molecule has 0 spiro atoms. The Kier molecular flexibility index (Phi) is 5.65. The van der Waals surface area contributed by atoms with Crippen LogP contribution in [0.5, 0.6) is 0 Å². The largest absolute Gasteiger partial charge is 0.495 e. The zero-order valence-electron chi connectivity index (χ0n) is 16.3. The van der Waals surface area contributed by atoms with Gasteiger partial charge in [0.2, 0.25) is 5.89 Å². The zero-order chi connectivity index (χ0) is 18.7. The number of hydrogen-bond acceptors (Lipinski definition) is 3. The summed E-state index contributed by atoms with van der Waals surface area (Å²) < 4.78 is 12.0. The van der Waals surface area contributed by atoms with Gasteiger partial charge < -0.3 is 9.15 Å². The summed E-state index contributed by atoms with van der Waals surface area (Å²) in [7, 11) is 0. The van der Waals surface area contributed by atoms with Crippen molar-refractivity contribution in [2.75, 3.05) is 0 Å².